The summed E-state index contributed by atoms with van der Waals surface area (Å²) in [6.07, 6.45) is -0.685. The topological polar surface area (TPSA) is 94.8 Å². The molecule has 0 bridgehead atoms. The van der Waals surface area contributed by atoms with Gasteiger partial charge in [-0.15, -0.1) is 11.3 Å². The van der Waals surface area contributed by atoms with Crippen LogP contribution in [0.2, 0.25) is 0 Å². The predicted molar refractivity (Wildman–Crippen MR) is 123 cm³/mol. The van der Waals surface area contributed by atoms with Crippen molar-refractivity contribution in [1.82, 2.24) is 0 Å². The number of nitriles is 1. The first-order chi connectivity index (χ1) is 15.6. The Hall–Kier alpha value is -3.96. The number of carbonyl (C=O) groups is 2. The average Bonchev–Trinajstić information content (AvgIpc) is 3.47. The highest BCUT2D eigenvalue weighted by molar-refractivity contribution is 7.14. The van der Waals surface area contributed by atoms with Crippen molar-refractivity contribution in [3.05, 3.63) is 83.2 Å². The highest BCUT2D eigenvalue weighted by atomic mass is 32.1. The van der Waals surface area contributed by atoms with E-state index in [9.17, 15) is 9.59 Å². The van der Waals surface area contributed by atoms with E-state index in [0.717, 1.165) is 11.3 Å². The maximum absolute atomic E-state index is 12.8. The summed E-state index contributed by atoms with van der Waals surface area (Å²) >= 11 is 1.23. The van der Waals surface area contributed by atoms with Gasteiger partial charge in [-0.05, 0) is 36.1 Å². The second-order valence-corrected chi connectivity index (χ2v) is 8.09. The maximum atomic E-state index is 12.8. The molecule has 1 aliphatic rings. The van der Waals surface area contributed by atoms with Crippen molar-refractivity contribution in [2.75, 3.05) is 10.3 Å². The smallest absolute Gasteiger partial charge is 0.355 e. The van der Waals surface area contributed by atoms with E-state index in [2.05, 4.69) is 10.4 Å². The van der Waals surface area contributed by atoms with Gasteiger partial charge in [0.1, 0.15) is 16.8 Å². The van der Waals surface area contributed by atoms with E-state index in [-0.39, 0.29) is 11.8 Å². The minimum atomic E-state index is -1.04. The second kappa shape index (κ2) is 9.45. The van der Waals surface area contributed by atoms with E-state index in [0.29, 0.717) is 17.0 Å². The Labute approximate surface area is 189 Å². The van der Waals surface area contributed by atoms with Crippen molar-refractivity contribution in [3.8, 4) is 6.07 Å². The fourth-order valence-corrected chi connectivity index (χ4v) is 4.12. The van der Waals surface area contributed by atoms with Crippen molar-refractivity contribution < 1.29 is 14.3 Å². The zero-order valence-corrected chi connectivity index (χ0v) is 18.1. The van der Waals surface area contributed by atoms with Crippen LogP contribution in [0.3, 0.4) is 0 Å². The van der Waals surface area contributed by atoms with Crippen LogP contribution in [0.25, 0.3) is 0 Å². The van der Waals surface area contributed by atoms with Gasteiger partial charge < -0.3 is 10.1 Å². The molecular formula is C24H20N4O3S. The van der Waals surface area contributed by atoms with Crippen LogP contribution in [0.1, 0.15) is 30.5 Å². The summed E-state index contributed by atoms with van der Waals surface area (Å²) < 4.78 is 5.40. The van der Waals surface area contributed by atoms with Gasteiger partial charge in [0.15, 0.2) is 6.10 Å². The molecule has 1 aliphatic heterocycles. The lowest BCUT2D eigenvalue weighted by Gasteiger charge is -2.23. The molecule has 0 fully saturated rings. The van der Waals surface area contributed by atoms with Gasteiger partial charge in [0.25, 0.3) is 5.91 Å². The highest BCUT2D eigenvalue weighted by Crippen LogP contribution is 2.35. The van der Waals surface area contributed by atoms with Crippen LogP contribution >= 0.6 is 11.3 Å². The Balaban J connectivity index is 1.49. The van der Waals surface area contributed by atoms with Gasteiger partial charge in [-0.1, -0.05) is 48.5 Å². The number of anilines is 2. The van der Waals surface area contributed by atoms with Crippen LogP contribution in [0.5, 0.6) is 0 Å². The van der Waals surface area contributed by atoms with Gasteiger partial charge in [0.05, 0.1) is 17.3 Å². The predicted octanol–water partition coefficient (Wildman–Crippen LogP) is 4.50. The average molecular weight is 445 g/mol. The van der Waals surface area contributed by atoms with E-state index in [1.807, 2.05) is 71.7 Å². The van der Waals surface area contributed by atoms with Crippen LogP contribution in [0.15, 0.2) is 77.2 Å². The largest absolute Gasteiger partial charge is 0.448 e. The van der Waals surface area contributed by atoms with E-state index < -0.39 is 18.0 Å². The van der Waals surface area contributed by atoms with Crippen LogP contribution < -0.4 is 10.3 Å². The first kappa shape index (κ1) is 21.3. The van der Waals surface area contributed by atoms with Gasteiger partial charge in [0, 0.05) is 6.42 Å². The van der Waals surface area contributed by atoms with Crippen molar-refractivity contribution >= 4 is 39.6 Å². The zero-order chi connectivity index (χ0) is 22.5. The number of hydrogen-bond acceptors (Lipinski definition) is 7. The van der Waals surface area contributed by atoms with Crippen molar-refractivity contribution in [2.24, 2.45) is 5.10 Å². The summed E-state index contributed by atoms with van der Waals surface area (Å²) in [5.41, 5.74) is 2.49. The van der Waals surface area contributed by atoms with Gasteiger partial charge in [-0.25, -0.2) is 4.79 Å². The van der Waals surface area contributed by atoms with Gasteiger partial charge in [0.2, 0.25) is 0 Å². The summed E-state index contributed by atoms with van der Waals surface area (Å²) in [6, 6.07) is 22.9. The Morgan fingerprint density at radius 3 is 2.53 bits per heavy atom. The fraction of sp³-hybridized carbons (Fsp3) is 0.167. The van der Waals surface area contributed by atoms with Crippen molar-refractivity contribution in [1.29, 1.82) is 5.26 Å². The molecule has 7 nitrogen and oxygen atoms in total. The molecular weight excluding hydrogens is 424 g/mol. The number of thiophene rings is 1. The van der Waals surface area contributed by atoms with Crippen LogP contribution in [0.4, 0.5) is 10.7 Å². The number of esters is 1. The van der Waals surface area contributed by atoms with Gasteiger partial charge in [-0.2, -0.15) is 10.4 Å². The molecule has 1 N–H and O–H groups in total. The third-order valence-corrected chi connectivity index (χ3v) is 5.86. The van der Waals surface area contributed by atoms with Crippen LogP contribution in [-0.2, 0) is 14.3 Å². The molecule has 1 amide bonds. The fourth-order valence-electron chi connectivity index (χ4n) is 3.38. The van der Waals surface area contributed by atoms with Crippen LogP contribution in [-0.4, -0.2) is 23.7 Å². The van der Waals surface area contributed by atoms with Gasteiger partial charge in [-0.3, -0.25) is 9.80 Å². The monoisotopic (exact) mass is 444 g/mol. The molecule has 0 saturated heterocycles. The number of benzene rings is 2. The minimum Gasteiger partial charge on any atom is -0.448 e. The summed E-state index contributed by atoms with van der Waals surface area (Å²) in [4.78, 5) is 25.3. The standard InChI is InChI=1S/C24H20N4O3S/c1-16(22(29)26-23-18(15-25)12-13-32-23)31-24(30)20-14-21(17-8-4-2-5-9-17)28(27-20)19-10-6-3-7-11-19/h2-13,16,21H,14H2,1H3,(H,26,29). The molecule has 2 unspecified atom stereocenters. The maximum Gasteiger partial charge on any atom is 0.355 e. The molecule has 4 rings (SSSR count). The normalized spacial score (nSPS) is 16.1. The third kappa shape index (κ3) is 4.53. The van der Waals surface area contributed by atoms with Crippen molar-refractivity contribution in [3.63, 3.8) is 0 Å². The Morgan fingerprint density at radius 1 is 1.16 bits per heavy atom. The molecule has 8 heteroatoms. The Kier molecular flexibility index (Phi) is 6.29. The number of nitrogens with zero attached hydrogens (tertiary/aromatic N) is 3. The molecule has 0 aliphatic carbocycles. The molecule has 3 aromatic rings. The number of carbonyl (C=O) groups excluding carboxylic acids is 2. The summed E-state index contributed by atoms with van der Waals surface area (Å²) in [5.74, 6) is -1.14. The molecule has 0 radical (unpaired) electrons. The lowest BCUT2D eigenvalue weighted by Crippen LogP contribution is -2.32. The molecule has 2 aromatic carbocycles. The molecule has 0 saturated carbocycles. The van der Waals surface area contributed by atoms with E-state index in [1.54, 1.807) is 11.4 Å². The number of ether oxygens (including phenoxy) is 1. The first-order valence-electron chi connectivity index (χ1n) is 10.0. The quantitative estimate of drug-likeness (QED) is 0.565. The van der Waals surface area contributed by atoms with Crippen molar-refractivity contribution in [2.45, 2.75) is 25.5 Å². The highest BCUT2D eigenvalue weighted by Gasteiger charge is 2.34. The number of rotatable bonds is 6. The molecule has 2 heterocycles. The molecule has 1 aromatic heterocycles. The number of hydrazone groups is 1. The van der Waals surface area contributed by atoms with E-state index in [1.165, 1.54) is 18.3 Å². The summed E-state index contributed by atoms with van der Waals surface area (Å²) in [5, 5.41) is 20.2. The SMILES string of the molecule is CC(OC(=O)C1=NN(c2ccccc2)C(c2ccccc2)C1)C(=O)Nc1sccc1C#N. The number of amides is 1. The Morgan fingerprint density at radius 2 is 1.84 bits per heavy atom. The lowest BCUT2D eigenvalue weighted by molar-refractivity contribution is -0.146. The number of hydrogen-bond donors (Lipinski definition) is 1. The minimum absolute atomic E-state index is 0.158. The summed E-state index contributed by atoms with van der Waals surface area (Å²) in [6.45, 7) is 1.49. The summed E-state index contributed by atoms with van der Waals surface area (Å²) in [7, 11) is 0. The molecule has 32 heavy (non-hydrogen) atoms. The molecule has 160 valence electrons. The zero-order valence-electron chi connectivity index (χ0n) is 17.3. The molecule has 2 atom stereocenters. The first-order valence-corrected chi connectivity index (χ1v) is 10.9. The van der Waals surface area contributed by atoms with E-state index >= 15 is 0 Å². The number of para-hydroxylation sites is 1. The molecule has 0 spiro atoms. The Bertz CT molecular complexity index is 1180. The van der Waals surface area contributed by atoms with Crippen LogP contribution in [0, 0.1) is 11.3 Å². The third-order valence-electron chi connectivity index (χ3n) is 5.03. The second-order valence-electron chi connectivity index (χ2n) is 7.17. The lowest BCUT2D eigenvalue weighted by atomic mass is 10.0. The van der Waals surface area contributed by atoms with E-state index in [4.69, 9.17) is 10.00 Å². The van der Waals surface area contributed by atoms with Gasteiger partial charge >= 0.3 is 5.97 Å². The number of nitrogens with one attached hydrogen (secondary N) is 1.